The summed E-state index contributed by atoms with van der Waals surface area (Å²) < 4.78 is 28.4. The highest BCUT2D eigenvalue weighted by Crippen LogP contribution is 2.45. The van der Waals surface area contributed by atoms with Crippen LogP contribution in [0.1, 0.15) is 16.2 Å². The molecule has 1 saturated heterocycles. The van der Waals surface area contributed by atoms with Gasteiger partial charge in [-0.3, -0.25) is 9.69 Å². The summed E-state index contributed by atoms with van der Waals surface area (Å²) >= 11 is 0. The van der Waals surface area contributed by atoms with E-state index in [0.29, 0.717) is 24.1 Å². The summed E-state index contributed by atoms with van der Waals surface area (Å²) in [5.41, 5.74) is 1.54. The number of nitrogens with zero attached hydrogens (tertiary/aromatic N) is 4. The Morgan fingerprint density at radius 1 is 1.10 bits per heavy atom. The largest absolute Gasteiger partial charge is 0.347 e. The molecular formula is C21H19F2N5O. The molecule has 1 amide bonds. The van der Waals surface area contributed by atoms with E-state index in [1.54, 1.807) is 29.1 Å². The lowest BCUT2D eigenvalue weighted by atomic mass is 10.3. The number of halogens is 2. The topological polar surface area (TPSA) is 63.1 Å². The SMILES string of the molecule is O=C(NC1[C@H]2CN(Cc3ccn(-c4ccccc4F)n3)C[C@@H]12)c1ccc(F)cn1. The van der Waals surface area contributed by atoms with Crippen LogP contribution in [0.5, 0.6) is 0 Å². The number of likely N-dealkylation sites (tertiary alicyclic amines) is 1. The molecule has 2 fully saturated rings. The summed E-state index contributed by atoms with van der Waals surface area (Å²) in [6.07, 6.45) is 2.81. The Labute approximate surface area is 166 Å². The standard InChI is InChI=1S/C21H19F2N5O/c22-13-5-6-18(24-9-13)21(29)25-20-15-11-27(12-16(15)20)10-14-7-8-28(26-14)19-4-2-1-3-17(19)23/h1-9,15-16,20H,10-12H2,(H,25,29)/t15-,16+,20?. The number of hydrogen-bond acceptors (Lipinski definition) is 4. The highest BCUT2D eigenvalue weighted by molar-refractivity contribution is 5.92. The minimum absolute atomic E-state index is 0.140. The van der Waals surface area contributed by atoms with Gasteiger partial charge in [-0.1, -0.05) is 12.1 Å². The Hall–Kier alpha value is -3.13. The zero-order chi connectivity index (χ0) is 20.0. The maximum absolute atomic E-state index is 13.9. The number of piperidine rings is 1. The lowest BCUT2D eigenvalue weighted by Gasteiger charge is -2.18. The molecule has 1 aliphatic carbocycles. The van der Waals surface area contributed by atoms with E-state index >= 15 is 0 Å². The zero-order valence-corrected chi connectivity index (χ0v) is 15.5. The predicted molar refractivity (Wildman–Crippen MR) is 101 cm³/mol. The summed E-state index contributed by atoms with van der Waals surface area (Å²) in [6, 6.07) is 11.2. The number of fused-ring (bicyclic) bond motifs is 1. The van der Waals surface area contributed by atoms with Crippen molar-refractivity contribution >= 4 is 5.91 Å². The number of carbonyl (C=O) groups is 1. The van der Waals surface area contributed by atoms with Crippen LogP contribution in [0, 0.1) is 23.5 Å². The van der Waals surface area contributed by atoms with Gasteiger partial charge in [0.15, 0.2) is 0 Å². The molecule has 0 radical (unpaired) electrons. The molecule has 2 aliphatic rings. The van der Waals surface area contributed by atoms with Crippen molar-refractivity contribution in [3.8, 4) is 5.69 Å². The van der Waals surface area contributed by atoms with E-state index in [1.165, 1.54) is 18.2 Å². The summed E-state index contributed by atoms with van der Waals surface area (Å²) in [4.78, 5) is 18.3. The van der Waals surface area contributed by atoms with Crippen LogP contribution in [-0.4, -0.2) is 44.7 Å². The molecule has 0 bridgehead atoms. The Kier molecular flexibility index (Phi) is 4.35. The van der Waals surface area contributed by atoms with Crippen LogP contribution in [0.15, 0.2) is 54.9 Å². The number of pyridine rings is 1. The van der Waals surface area contributed by atoms with E-state index in [4.69, 9.17) is 0 Å². The fourth-order valence-electron chi connectivity index (χ4n) is 4.14. The fourth-order valence-corrected chi connectivity index (χ4v) is 4.14. The monoisotopic (exact) mass is 395 g/mol. The molecule has 3 atom stereocenters. The van der Waals surface area contributed by atoms with E-state index in [0.717, 1.165) is 25.0 Å². The average Bonchev–Trinajstić information content (AvgIpc) is 3.06. The van der Waals surface area contributed by atoms with Crippen LogP contribution in [-0.2, 0) is 6.54 Å². The van der Waals surface area contributed by atoms with E-state index < -0.39 is 5.82 Å². The number of para-hydroxylation sites is 1. The van der Waals surface area contributed by atoms with Crippen molar-refractivity contribution in [2.24, 2.45) is 11.8 Å². The second-order valence-corrected chi connectivity index (χ2v) is 7.59. The molecule has 1 aliphatic heterocycles. The lowest BCUT2D eigenvalue weighted by molar-refractivity contribution is 0.0937. The maximum Gasteiger partial charge on any atom is 0.270 e. The summed E-state index contributed by atoms with van der Waals surface area (Å²) in [5.74, 6) is -0.211. The van der Waals surface area contributed by atoms with Gasteiger partial charge in [0.05, 0.1) is 11.9 Å². The molecule has 148 valence electrons. The number of benzene rings is 1. The number of aromatic nitrogens is 3. The number of amides is 1. The average molecular weight is 395 g/mol. The molecule has 3 aromatic rings. The molecular weight excluding hydrogens is 376 g/mol. The first kappa shape index (κ1) is 17.9. The van der Waals surface area contributed by atoms with Gasteiger partial charge in [-0.15, -0.1) is 0 Å². The van der Waals surface area contributed by atoms with Gasteiger partial charge in [-0.25, -0.2) is 18.4 Å². The third-order valence-electron chi connectivity index (χ3n) is 5.66. The molecule has 0 spiro atoms. The van der Waals surface area contributed by atoms with E-state index in [-0.39, 0.29) is 23.5 Å². The van der Waals surface area contributed by atoms with Gasteiger partial charge < -0.3 is 5.32 Å². The molecule has 1 N–H and O–H groups in total. The van der Waals surface area contributed by atoms with Gasteiger partial charge in [-0.2, -0.15) is 5.10 Å². The Morgan fingerprint density at radius 2 is 1.90 bits per heavy atom. The highest BCUT2D eigenvalue weighted by Gasteiger charge is 2.56. The van der Waals surface area contributed by atoms with Gasteiger partial charge in [-0.05, 0) is 42.2 Å². The molecule has 1 saturated carbocycles. The Bertz CT molecular complexity index is 1040. The van der Waals surface area contributed by atoms with Crippen LogP contribution < -0.4 is 5.32 Å². The van der Waals surface area contributed by atoms with E-state index in [1.807, 2.05) is 6.07 Å². The second kappa shape index (κ2) is 7.04. The quantitative estimate of drug-likeness (QED) is 0.721. The minimum atomic E-state index is -0.460. The van der Waals surface area contributed by atoms with Crippen LogP contribution in [0.4, 0.5) is 8.78 Å². The summed E-state index contributed by atoms with van der Waals surface area (Å²) in [6.45, 7) is 2.44. The van der Waals surface area contributed by atoms with Crippen LogP contribution in [0.3, 0.4) is 0 Å². The molecule has 3 heterocycles. The Morgan fingerprint density at radius 3 is 2.62 bits per heavy atom. The highest BCUT2D eigenvalue weighted by atomic mass is 19.1. The second-order valence-electron chi connectivity index (χ2n) is 7.59. The molecule has 5 rings (SSSR count). The number of nitrogens with one attached hydrogen (secondary N) is 1. The third kappa shape index (κ3) is 3.51. The maximum atomic E-state index is 13.9. The first-order valence-electron chi connectivity index (χ1n) is 9.53. The molecule has 6 nitrogen and oxygen atoms in total. The van der Waals surface area contributed by atoms with E-state index in [9.17, 15) is 13.6 Å². The first-order valence-corrected chi connectivity index (χ1v) is 9.53. The van der Waals surface area contributed by atoms with Gasteiger partial charge in [0, 0.05) is 31.9 Å². The molecule has 1 aromatic carbocycles. The minimum Gasteiger partial charge on any atom is -0.347 e. The normalized spacial score (nSPS) is 23.0. The van der Waals surface area contributed by atoms with Crippen LogP contribution in [0.2, 0.25) is 0 Å². The third-order valence-corrected chi connectivity index (χ3v) is 5.66. The Balaban J connectivity index is 1.15. The fraction of sp³-hybridized carbons (Fsp3) is 0.286. The van der Waals surface area contributed by atoms with Crippen molar-refractivity contribution in [1.29, 1.82) is 0 Å². The smallest absolute Gasteiger partial charge is 0.270 e. The van der Waals surface area contributed by atoms with Crippen molar-refractivity contribution in [2.75, 3.05) is 13.1 Å². The van der Waals surface area contributed by atoms with Gasteiger partial charge in [0.2, 0.25) is 0 Å². The molecule has 8 heteroatoms. The van der Waals surface area contributed by atoms with Gasteiger partial charge in [0.1, 0.15) is 23.0 Å². The van der Waals surface area contributed by atoms with Crippen molar-refractivity contribution in [1.82, 2.24) is 25.0 Å². The van der Waals surface area contributed by atoms with Crippen LogP contribution >= 0.6 is 0 Å². The summed E-state index contributed by atoms with van der Waals surface area (Å²) in [7, 11) is 0. The van der Waals surface area contributed by atoms with Crippen molar-refractivity contribution in [2.45, 2.75) is 12.6 Å². The van der Waals surface area contributed by atoms with Crippen molar-refractivity contribution in [3.05, 3.63) is 77.9 Å². The predicted octanol–water partition coefficient (Wildman–Crippen LogP) is 2.41. The first-order chi connectivity index (χ1) is 14.1. The molecule has 1 unspecified atom stereocenters. The number of carbonyl (C=O) groups excluding carboxylic acids is 1. The molecule has 29 heavy (non-hydrogen) atoms. The van der Waals surface area contributed by atoms with Crippen molar-refractivity contribution in [3.63, 3.8) is 0 Å². The zero-order valence-electron chi connectivity index (χ0n) is 15.5. The van der Waals surface area contributed by atoms with Crippen molar-refractivity contribution < 1.29 is 13.6 Å². The van der Waals surface area contributed by atoms with E-state index in [2.05, 4.69) is 20.3 Å². The lowest BCUT2D eigenvalue weighted by Crippen LogP contribution is -2.34. The molecule has 2 aromatic heterocycles. The number of rotatable bonds is 5. The van der Waals surface area contributed by atoms with Gasteiger partial charge in [0.25, 0.3) is 5.91 Å². The van der Waals surface area contributed by atoms with Crippen LogP contribution in [0.25, 0.3) is 5.69 Å². The van der Waals surface area contributed by atoms with Gasteiger partial charge >= 0.3 is 0 Å². The number of hydrogen-bond donors (Lipinski definition) is 1. The summed E-state index contributed by atoms with van der Waals surface area (Å²) in [5, 5.41) is 7.48.